The molecule has 1 atom stereocenters. The predicted octanol–water partition coefficient (Wildman–Crippen LogP) is 4.45. The molecule has 0 N–H and O–H groups in total. The summed E-state index contributed by atoms with van der Waals surface area (Å²) in [7, 11) is -1.65. The number of carbonyl (C=O) groups excluding carboxylic acids is 1. The minimum Gasteiger partial charge on any atom is -0.417 e. The summed E-state index contributed by atoms with van der Waals surface area (Å²) in [5, 5.41) is 0. The van der Waals surface area contributed by atoms with Gasteiger partial charge in [0.05, 0.1) is 5.60 Å². The third-order valence-electron chi connectivity index (χ3n) is 2.89. The van der Waals surface area contributed by atoms with Gasteiger partial charge < -0.3 is 9.05 Å². The summed E-state index contributed by atoms with van der Waals surface area (Å²) >= 11 is 0. The van der Waals surface area contributed by atoms with E-state index in [4.69, 9.17) is 13.6 Å². The zero-order chi connectivity index (χ0) is 13.9. The van der Waals surface area contributed by atoms with Gasteiger partial charge in [-0.3, -0.25) is 4.52 Å². The van der Waals surface area contributed by atoms with Gasteiger partial charge in [-0.1, -0.05) is 31.9 Å². The summed E-state index contributed by atoms with van der Waals surface area (Å²) in [6, 6.07) is 7.05. The quantitative estimate of drug-likeness (QED) is 0.748. The highest BCUT2D eigenvalue weighted by Crippen LogP contribution is 2.50. The molecule has 5 heteroatoms. The zero-order valence-corrected chi connectivity index (χ0v) is 12.4. The molecule has 1 unspecified atom stereocenters. The van der Waals surface area contributed by atoms with Crippen molar-refractivity contribution in [3.8, 4) is 5.75 Å². The van der Waals surface area contributed by atoms with Crippen molar-refractivity contribution < 1.29 is 18.4 Å². The van der Waals surface area contributed by atoms with Crippen LogP contribution in [0.5, 0.6) is 5.75 Å². The lowest BCUT2D eigenvalue weighted by Gasteiger charge is -2.30. The normalized spacial score (nSPS) is 18.5. The van der Waals surface area contributed by atoms with Crippen molar-refractivity contribution in [3.63, 3.8) is 0 Å². The Morgan fingerprint density at radius 2 is 2.00 bits per heavy atom. The second-order valence-electron chi connectivity index (χ2n) is 5.14. The standard InChI is InChI=1S/C14H19O4P/c1-4-5-10-14(2,3)18-19-16-12-9-7-6-8-11(12)13(15)17-19/h6-9H,4-5,10H2,1-3H3. The molecule has 1 heterocycles. The highest BCUT2D eigenvalue weighted by Gasteiger charge is 2.35. The number of hydrogen-bond acceptors (Lipinski definition) is 4. The van der Waals surface area contributed by atoms with E-state index < -0.39 is 8.60 Å². The largest absolute Gasteiger partial charge is 0.466 e. The van der Waals surface area contributed by atoms with E-state index in [-0.39, 0.29) is 11.6 Å². The molecule has 2 rings (SSSR count). The summed E-state index contributed by atoms with van der Waals surface area (Å²) in [5.41, 5.74) is 0.102. The summed E-state index contributed by atoms with van der Waals surface area (Å²) in [5.74, 6) is 0.162. The Morgan fingerprint density at radius 3 is 2.74 bits per heavy atom. The van der Waals surface area contributed by atoms with Gasteiger partial charge in [-0.15, -0.1) is 0 Å². The molecule has 19 heavy (non-hydrogen) atoms. The van der Waals surface area contributed by atoms with Crippen LogP contribution < -0.4 is 4.52 Å². The molecule has 0 aromatic heterocycles. The van der Waals surface area contributed by atoms with Gasteiger partial charge in [0.2, 0.25) is 0 Å². The van der Waals surface area contributed by atoms with E-state index >= 15 is 0 Å². The third-order valence-corrected chi connectivity index (χ3v) is 4.20. The fourth-order valence-corrected chi connectivity index (χ4v) is 2.98. The minimum atomic E-state index is -1.65. The summed E-state index contributed by atoms with van der Waals surface area (Å²) in [4.78, 5) is 11.8. The molecule has 104 valence electrons. The predicted molar refractivity (Wildman–Crippen MR) is 74.1 cm³/mol. The molecule has 0 aliphatic carbocycles. The molecule has 0 radical (unpaired) electrons. The molecule has 1 aliphatic rings. The maximum absolute atomic E-state index is 11.8. The fourth-order valence-electron chi connectivity index (χ4n) is 1.82. The van der Waals surface area contributed by atoms with Gasteiger partial charge in [-0.2, -0.15) is 0 Å². The van der Waals surface area contributed by atoms with E-state index in [9.17, 15) is 4.79 Å². The van der Waals surface area contributed by atoms with Crippen molar-refractivity contribution in [2.24, 2.45) is 0 Å². The Bertz CT molecular complexity index is 459. The number of benzene rings is 1. The Kier molecular flexibility index (Phi) is 4.43. The lowest BCUT2D eigenvalue weighted by atomic mass is 10.0. The van der Waals surface area contributed by atoms with Crippen molar-refractivity contribution in [1.29, 1.82) is 0 Å². The molecule has 0 spiro atoms. The van der Waals surface area contributed by atoms with Gasteiger partial charge in [0.15, 0.2) is 0 Å². The Balaban J connectivity index is 2.03. The lowest BCUT2D eigenvalue weighted by Crippen LogP contribution is -2.25. The van der Waals surface area contributed by atoms with Crippen LogP contribution in [0.1, 0.15) is 50.4 Å². The van der Waals surface area contributed by atoms with Gasteiger partial charge >= 0.3 is 14.6 Å². The van der Waals surface area contributed by atoms with Crippen LogP contribution in [-0.4, -0.2) is 11.6 Å². The highest BCUT2D eigenvalue weighted by atomic mass is 31.2. The highest BCUT2D eigenvalue weighted by molar-refractivity contribution is 7.43. The monoisotopic (exact) mass is 282 g/mol. The first-order valence-corrected chi connectivity index (χ1v) is 7.60. The molecule has 0 saturated heterocycles. The number of fused-ring (bicyclic) bond motifs is 1. The second kappa shape index (κ2) is 5.89. The Labute approximate surface area is 115 Å². The molecule has 0 bridgehead atoms. The van der Waals surface area contributed by atoms with E-state index in [1.807, 2.05) is 19.9 Å². The summed E-state index contributed by atoms with van der Waals surface area (Å²) < 4.78 is 16.6. The van der Waals surface area contributed by atoms with E-state index in [0.29, 0.717) is 11.3 Å². The van der Waals surface area contributed by atoms with E-state index in [1.54, 1.807) is 18.2 Å². The van der Waals surface area contributed by atoms with Crippen molar-refractivity contribution in [2.45, 2.75) is 45.6 Å². The fraction of sp³-hybridized carbons (Fsp3) is 0.500. The maximum Gasteiger partial charge on any atom is 0.466 e. The molecule has 1 aromatic rings. The zero-order valence-electron chi connectivity index (χ0n) is 11.5. The number of carbonyl (C=O) groups is 1. The third kappa shape index (κ3) is 3.68. The average Bonchev–Trinajstić information content (AvgIpc) is 2.36. The van der Waals surface area contributed by atoms with Gasteiger partial charge in [0.25, 0.3) is 0 Å². The van der Waals surface area contributed by atoms with E-state index in [1.165, 1.54) is 0 Å². The molecule has 0 saturated carbocycles. The molecule has 1 aromatic carbocycles. The van der Waals surface area contributed by atoms with Crippen molar-refractivity contribution in [2.75, 3.05) is 0 Å². The molecule has 4 nitrogen and oxygen atoms in total. The van der Waals surface area contributed by atoms with Gasteiger partial charge in [0, 0.05) is 0 Å². The maximum atomic E-state index is 11.8. The van der Waals surface area contributed by atoms with Crippen molar-refractivity contribution in [1.82, 2.24) is 0 Å². The number of unbranched alkanes of at least 4 members (excludes halogenated alkanes) is 1. The van der Waals surface area contributed by atoms with Crippen LogP contribution >= 0.6 is 8.60 Å². The number of para-hydroxylation sites is 1. The molecular weight excluding hydrogens is 263 g/mol. The molecular formula is C14H19O4P. The first-order valence-electron chi connectivity index (χ1n) is 6.50. The SMILES string of the molecule is CCCCC(C)(C)OP1OC(=O)c2ccccc2O1. The van der Waals surface area contributed by atoms with E-state index in [0.717, 1.165) is 19.3 Å². The van der Waals surface area contributed by atoms with Crippen LogP contribution in [0.15, 0.2) is 24.3 Å². The summed E-state index contributed by atoms with van der Waals surface area (Å²) in [6.07, 6.45) is 3.08. The Hall–Kier alpha value is -1.12. The van der Waals surface area contributed by atoms with Crippen molar-refractivity contribution in [3.05, 3.63) is 29.8 Å². The lowest BCUT2D eigenvalue weighted by molar-refractivity contribution is 0.0490. The van der Waals surface area contributed by atoms with Crippen LogP contribution in [0, 0.1) is 0 Å². The second-order valence-corrected chi connectivity index (χ2v) is 6.14. The van der Waals surface area contributed by atoms with Crippen LogP contribution in [0.2, 0.25) is 0 Å². The van der Waals surface area contributed by atoms with Gasteiger partial charge in [-0.25, -0.2) is 4.79 Å². The first kappa shape index (κ1) is 14.3. The smallest absolute Gasteiger partial charge is 0.417 e. The van der Waals surface area contributed by atoms with Crippen LogP contribution in [-0.2, 0) is 9.05 Å². The molecule has 0 amide bonds. The van der Waals surface area contributed by atoms with E-state index in [2.05, 4.69) is 6.92 Å². The number of hydrogen-bond donors (Lipinski definition) is 0. The Morgan fingerprint density at radius 1 is 1.26 bits per heavy atom. The summed E-state index contributed by atoms with van der Waals surface area (Å²) in [6.45, 7) is 6.11. The first-order chi connectivity index (χ1) is 9.02. The van der Waals surface area contributed by atoms with Crippen LogP contribution in [0.4, 0.5) is 0 Å². The van der Waals surface area contributed by atoms with Crippen molar-refractivity contribution >= 4 is 14.6 Å². The topological polar surface area (TPSA) is 44.8 Å². The average molecular weight is 282 g/mol. The van der Waals surface area contributed by atoms with Crippen LogP contribution in [0.25, 0.3) is 0 Å². The molecule has 0 fully saturated rings. The van der Waals surface area contributed by atoms with Crippen LogP contribution in [0.3, 0.4) is 0 Å². The van der Waals surface area contributed by atoms with Gasteiger partial charge in [0.1, 0.15) is 11.3 Å². The molecule has 1 aliphatic heterocycles. The minimum absolute atomic E-state index is 0.353. The number of rotatable bonds is 5. The van der Waals surface area contributed by atoms with Gasteiger partial charge in [-0.05, 0) is 32.4 Å².